The van der Waals surface area contributed by atoms with Crippen molar-refractivity contribution in [2.75, 3.05) is 10.6 Å². The maximum absolute atomic E-state index is 12.1. The molecule has 1 atom stereocenters. The molecule has 8 nitrogen and oxygen atoms in total. The maximum atomic E-state index is 12.1. The molecule has 3 heterocycles. The van der Waals surface area contributed by atoms with Crippen LogP contribution < -0.4 is 10.6 Å². The van der Waals surface area contributed by atoms with Crippen LogP contribution in [0.5, 0.6) is 0 Å². The Morgan fingerprint density at radius 3 is 2.65 bits per heavy atom. The van der Waals surface area contributed by atoms with Crippen molar-refractivity contribution in [3.05, 3.63) is 48.3 Å². The van der Waals surface area contributed by atoms with Gasteiger partial charge in [0.2, 0.25) is 0 Å². The minimum Gasteiger partial charge on any atom is -0.291 e. The molecule has 8 heteroatoms. The van der Waals surface area contributed by atoms with E-state index in [4.69, 9.17) is 0 Å². The molecule has 26 heavy (non-hydrogen) atoms. The van der Waals surface area contributed by atoms with Crippen molar-refractivity contribution in [1.82, 2.24) is 25.4 Å². The topological polar surface area (TPSA) is 108 Å². The largest absolute Gasteiger partial charge is 0.326 e. The van der Waals surface area contributed by atoms with Crippen LogP contribution >= 0.6 is 0 Å². The van der Waals surface area contributed by atoms with Gasteiger partial charge in [0.05, 0.1) is 5.69 Å². The van der Waals surface area contributed by atoms with Crippen molar-refractivity contribution in [2.24, 2.45) is 0 Å². The number of aromatic nitrogens is 5. The molecule has 0 aromatic carbocycles. The number of H-pyrrole nitrogens is 1. The van der Waals surface area contributed by atoms with E-state index < -0.39 is 6.03 Å². The van der Waals surface area contributed by atoms with Crippen LogP contribution in [0.25, 0.3) is 11.4 Å². The highest BCUT2D eigenvalue weighted by Gasteiger charge is 2.11. The third-order valence-corrected chi connectivity index (χ3v) is 3.93. The third kappa shape index (κ3) is 4.41. The van der Waals surface area contributed by atoms with Crippen molar-refractivity contribution in [1.29, 1.82) is 0 Å². The van der Waals surface area contributed by atoms with Gasteiger partial charge in [-0.15, -0.1) is 10.2 Å². The third-order valence-electron chi connectivity index (χ3n) is 3.93. The molecule has 1 unspecified atom stereocenters. The zero-order valence-corrected chi connectivity index (χ0v) is 14.7. The molecule has 0 spiro atoms. The number of hydrogen-bond acceptors (Lipinski definition) is 5. The molecule has 0 saturated heterocycles. The molecule has 0 aliphatic heterocycles. The number of pyridine rings is 1. The molecule has 3 aromatic heterocycles. The van der Waals surface area contributed by atoms with Crippen LogP contribution in [0.1, 0.15) is 38.3 Å². The summed E-state index contributed by atoms with van der Waals surface area (Å²) in [5.74, 6) is 1.19. The molecular weight excluding hydrogens is 330 g/mol. The molecule has 0 radical (unpaired) electrons. The van der Waals surface area contributed by atoms with E-state index in [1.54, 1.807) is 18.3 Å². The van der Waals surface area contributed by atoms with E-state index in [1.165, 1.54) is 0 Å². The molecule has 3 aromatic rings. The lowest BCUT2D eigenvalue weighted by molar-refractivity contribution is 0.262. The van der Waals surface area contributed by atoms with Crippen LogP contribution in [0.3, 0.4) is 0 Å². The van der Waals surface area contributed by atoms with E-state index in [9.17, 15) is 4.79 Å². The predicted molar refractivity (Wildman–Crippen MR) is 99.8 cm³/mol. The summed E-state index contributed by atoms with van der Waals surface area (Å²) in [6.45, 7) is 4.26. The number of hydrogen-bond donors (Lipinski definition) is 3. The lowest BCUT2D eigenvalue weighted by atomic mass is 10.0. The molecule has 134 valence electrons. The van der Waals surface area contributed by atoms with Gasteiger partial charge >= 0.3 is 6.03 Å². The fourth-order valence-electron chi connectivity index (χ4n) is 2.56. The number of rotatable bonds is 6. The summed E-state index contributed by atoms with van der Waals surface area (Å²) >= 11 is 0. The van der Waals surface area contributed by atoms with Gasteiger partial charge < -0.3 is 0 Å². The summed E-state index contributed by atoms with van der Waals surface area (Å²) in [7, 11) is 0. The predicted octanol–water partition coefficient (Wildman–Crippen LogP) is 3.81. The number of amides is 2. The summed E-state index contributed by atoms with van der Waals surface area (Å²) in [4.78, 5) is 16.3. The summed E-state index contributed by atoms with van der Waals surface area (Å²) in [6, 6.07) is 10.4. The highest BCUT2D eigenvalue weighted by Crippen LogP contribution is 2.20. The minimum atomic E-state index is -0.425. The highest BCUT2D eigenvalue weighted by atomic mass is 16.2. The number of anilines is 2. The quantitative estimate of drug-likeness (QED) is 0.626. The average molecular weight is 351 g/mol. The fraction of sp³-hybridized carbons (Fsp3) is 0.278. The first kappa shape index (κ1) is 17.5. The molecule has 0 fully saturated rings. The zero-order valence-electron chi connectivity index (χ0n) is 14.7. The average Bonchev–Trinajstić information content (AvgIpc) is 3.12. The van der Waals surface area contributed by atoms with Gasteiger partial charge in [0, 0.05) is 18.0 Å². The second-order valence-corrected chi connectivity index (χ2v) is 6.00. The van der Waals surface area contributed by atoms with Gasteiger partial charge in [-0.25, -0.2) is 4.79 Å². The van der Waals surface area contributed by atoms with Crippen LogP contribution in [0.2, 0.25) is 0 Å². The normalized spacial score (nSPS) is 11.8. The highest BCUT2D eigenvalue weighted by molar-refractivity contribution is 5.98. The van der Waals surface area contributed by atoms with Crippen LogP contribution in [0.15, 0.2) is 42.6 Å². The number of nitrogens with one attached hydrogen (secondary N) is 3. The van der Waals surface area contributed by atoms with Gasteiger partial charge in [0.1, 0.15) is 5.69 Å². The lowest BCUT2D eigenvalue weighted by Crippen LogP contribution is -2.20. The van der Waals surface area contributed by atoms with Crippen molar-refractivity contribution in [2.45, 2.75) is 32.6 Å². The Kier molecular flexibility index (Phi) is 5.52. The first-order valence-corrected chi connectivity index (χ1v) is 8.54. The Hall–Kier alpha value is -3.29. The monoisotopic (exact) mass is 351 g/mol. The van der Waals surface area contributed by atoms with E-state index in [0.717, 1.165) is 24.2 Å². The van der Waals surface area contributed by atoms with E-state index in [1.807, 2.05) is 24.3 Å². The van der Waals surface area contributed by atoms with Gasteiger partial charge in [-0.2, -0.15) is 5.10 Å². The fourth-order valence-corrected chi connectivity index (χ4v) is 2.56. The summed E-state index contributed by atoms with van der Waals surface area (Å²) in [6.07, 6.45) is 3.85. The Morgan fingerprint density at radius 2 is 1.96 bits per heavy atom. The van der Waals surface area contributed by atoms with Gasteiger partial charge in [0.25, 0.3) is 0 Å². The SMILES string of the molecule is CCCC(C)c1cc(NC(=O)Nc2ccc(-c3ccccn3)nn2)n[nH]1. The molecule has 0 aliphatic carbocycles. The van der Waals surface area contributed by atoms with Crippen molar-refractivity contribution >= 4 is 17.7 Å². The molecule has 3 rings (SSSR count). The molecule has 0 bridgehead atoms. The summed E-state index contributed by atoms with van der Waals surface area (Å²) < 4.78 is 0. The van der Waals surface area contributed by atoms with E-state index in [2.05, 4.69) is 49.9 Å². The Labute approximate surface area is 151 Å². The van der Waals surface area contributed by atoms with Gasteiger partial charge in [-0.1, -0.05) is 26.3 Å². The number of carbonyl (C=O) groups excluding carboxylic acids is 1. The molecule has 3 N–H and O–H groups in total. The van der Waals surface area contributed by atoms with Crippen LogP contribution in [-0.2, 0) is 0 Å². The van der Waals surface area contributed by atoms with Crippen LogP contribution in [0.4, 0.5) is 16.4 Å². The number of carbonyl (C=O) groups is 1. The first-order chi connectivity index (χ1) is 12.7. The number of urea groups is 1. The van der Waals surface area contributed by atoms with Gasteiger partial charge in [-0.3, -0.25) is 20.7 Å². The zero-order chi connectivity index (χ0) is 18.4. The minimum absolute atomic E-state index is 0.345. The van der Waals surface area contributed by atoms with Gasteiger partial charge in [-0.05, 0) is 36.6 Å². The van der Waals surface area contributed by atoms with E-state index >= 15 is 0 Å². The Balaban J connectivity index is 1.58. The smallest absolute Gasteiger partial charge is 0.291 e. The standard InChI is InChI=1S/C18H21N7O/c1-3-6-12(2)15-11-17(25-23-15)21-18(26)20-16-9-8-14(22-24-16)13-7-4-5-10-19-13/h4-5,7-12H,3,6H2,1-2H3,(H3,20,21,23,24,25,26). The van der Waals surface area contributed by atoms with E-state index in [-0.39, 0.29) is 0 Å². The summed E-state index contributed by atoms with van der Waals surface area (Å²) in [5, 5.41) is 20.5. The number of nitrogens with zero attached hydrogens (tertiary/aromatic N) is 4. The van der Waals surface area contributed by atoms with Crippen molar-refractivity contribution in [3.63, 3.8) is 0 Å². The molecule has 0 aliphatic rings. The van der Waals surface area contributed by atoms with Crippen LogP contribution in [0, 0.1) is 0 Å². The van der Waals surface area contributed by atoms with Gasteiger partial charge in [0.15, 0.2) is 11.6 Å². The van der Waals surface area contributed by atoms with Crippen molar-refractivity contribution < 1.29 is 4.79 Å². The van der Waals surface area contributed by atoms with Crippen LogP contribution in [-0.4, -0.2) is 31.4 Å². The first-order valence-electron chi connectivity index (χ1n) is 8.54. The number of aromatic amines is 1. The second-order valence-electron chi connectivity index (χ2n) is 6.00. The van der Waals surface area contributed by atoms with Crippen molar-refractivity contribution in [3.8, 4) is 11.4 Å². The Bertz CT molecular complexity index is 845. The second kappa shape index (κ2) is 8.19. The van der Waals surface area contributed by atoms with E-state index in [0.29, 0.717) is 23.2 Å². The summed E-state index contributed by atoms with van der Waals surface area (Å²) in [5.41, 5.74) is 2.36. The molecule has 0 saturated carbocycles. The molecule has 2 amide bonds. The molecular formula is C18H21N7O. The maximum Gasteiger partial charge on any atom is 0.326 e. The Morgan fingerprint density at radius 1 is 1.12 bits per heavy atom. The lowest BCUT2D eigenvalue weighted by Gasteiger charge is -2.06.